The van der Waals surface area contributed by atoms with Crippen molar-refractivity contribution in [2.75, 3.05) is 11.9 Å². The molecule has 0 saturated heterocycles. The van der Waals surface area contributed by atoms with Crippen LogP contribution in [0.15, 0.2) is 36.7 Å². The smallest absolute Gasteiger partial charge is 0.411 e. The molecular formula is C17H17F3N3O4-. The summed E-state index contributed by atoms with van der Waals surface area (Å²) in [6.45, 7) is -1.27. The second-order valence-corrected chi connectivity index (χ2v) is 5.73. The van der Waals surface area contributed by atoms with E-state index < -0.39 is 24.7 Å². The van der Waals surface area contributed by atoms with E-state index in [9.17, 15) is 27.9 Å². The molecule has 0 radical (unpaired) electrons. The van der Waals surface area contributed by atoms with Gasteiger partial charge < -0.3 is 20.0 Å². The quantitative estimate of drug-likeness (QED) is 0.711. The lowest BCUT2D eigenvalue weighted by molar-refractivity contribution is -0.305. The Hall–Kier alpha value is -2.88. The number of amides is 1. The first-order chi connectivity index (χ1) is 12.7. The van der Waals surface area contributed by atoms with Crippen LogP contribution in [0.3, 0.4) is 0 Å². The Bertz CT molecular complexity index is 790. The number of nitrogens with zero attached hydrogens (tertiary/aromatic N) is 2. The Morgan fingerprint density at radius 2 is 2.07 bits per heavy atom. The van der Waals surface area contributed by atoms with E-state index in [2.05, 4.69) is 15.2 Å². The highest BCUT2D eigenvalue weighted by Crippen LogP contribution is 2.16. The van der Waals surface area contributed by atoms with Gasteiger partial charge in [-0.15, -0.1) is 0 Å². The van der Waals surface area contributed by atoms with Crippen LogP contribution in [0.25, 0.3) is 0 Å². The number of anilines is 1. The number of aryl methyl sites for hydroxylation is 1. The van der Waals surface area contributed by atoms with Crippen LogP contribution in [-0.2, 0) is 22.7 Å². The third kappa shape index (κ3) is 7.48. The number of carboxylic acids is 1. The number of nitrogens with one attached hydrogen (secondary N) is 1. The van der Waals surface area contributed by atoms with E-state index in [1.807, 2.05) is 0 Å². The average molecular weight is 384 g/mol. The van der Waals surface area contributed by atoms with Crippen LogP contribution in [0.5, 0.6) is 0 Å². The van der Waals surface area contributed by atoms with Gasteiger partial charge in [-0.1, -0.05) is 12.1 Å². The molecule has 2 rings (SSSR count). The number of aliphatic carboxylic acids is 1. The predicted octanol–water partition coefficient (Wildman–Crippen LogP) is 1.74. The van der Waals surface area contributed by atoms with Crippen LogP contribution in [0.1, 0.15) is 28.8 Å². The summed E-state index contributed by atoms with van der Waals surface area (Å²) in [7, 11) is 0. The summed E-state index contributed by atoms with van der Waals surface area (Å²) in [5.41, 5.74) is 1.10. The van der Waals surface area contributed by atoms with E-state index in [0.717, 1.165) is 0 Å². The standard InChI is InChI=1S/C17H18F3N3O4/c18-17(19,20)11-27-10-12-3-1-4-13(7-12)16(26)22-14-8-21-23(9-14)6-2-5-15(24)25/h1,3-4,7-9H,2,5-6,10-11H2,(H,22,26)(H,24,25)/p-1. The van der Waals surface area contributed by atoms with E-state index in [0.29, 0.717) is 24.2 Å². The zero-order valence-electron chi connectivity index (χ0n) is 14.2. The number of hydrogen-bond donors (Lipinski definition) is 1. The monoisotopic (exact) mass is 384 g/mol. The maximum absolute atomic E-state index is 12.3. The summed E-state index contributed by atoms with van der Waals surface area (Å²) in [4.78, 5) is 22.6. The van der Waals surface area contributed by atoms with Crippen LogP contribution in [0.4, 0.5) is 18.9 Å². The number of aromatic nitrogens is 2. The minimum absolute atomic E-state index is 0.0925. The van der Waals surface area contributed by atoms with Crippen molar-refractivity contribution in [2.24, 2.45) is 0 Å². The molecule has 1 amide bonds. The number of carboxylic acid groups (broad SMARTS) is 1. The van der Waals surface area contributed by atoms with Gasteiger partial charge in [0, 0.05) is 24.3 Å². The lowest BCUT2D eigenvalue weighted by Crippen LogP contribution is -2.22. The molecule has 27 heavy (non-hydrogen) atoms. The van der Waals surface area contributed by atoms with Crippen LogP contribution in [-0.4, -0.2) is 34.4 Å². The molecule has 1 aromatic carbocycles. The number of carbonyl (C=O) groups is 2. The topological polar surface area (TPSA) is 96.3 Å². The largest absolute Gasteiger partial charge is 0.550 e. The predicted molar refractivity (Wildman–Crippen MR) is 86.6 cm³/mol. The summed E-state index contributed by atoms with van der Waals surface area (Å²) in [6.07, 6.45) is -1.20. The van der Waals surface area contributed by atoms with Gasteiger partial charge in [-0.3, -0.25) is 9.48 Å². The molecule has 1 N–H and O–H groups in total. The number of benzene rings is 1. The summed E-state index contributed by atoms with van der Waals surface area (Å²) < 4.78 is 42.4. The summed E-state index contributed by atoms with van der Waals surface area (Å²) in [5, 5.41) is 17.0. The van der Waals surface area contributed by atoms with E-state index in [1.165, 1.54) is 23.0 Å². The van der Waals surface area contributed by atoms with Crippen molar-refractivity contribution in [2.45, 2.75) is 32.2 Å². The number of halogens is 3. The van der Waals surface area contributed by atoms with Crippen molar-refractivity contribution < 1.29 is 32.6 Å². The van der Waals surface area contributed by atoms with Crippen molar-refractivity contribution in [1.29, 1.82) is 0 Å². The Labute approximate surface area is 152 Å². The molecule has 2 aromatic rings. The maximum atomic E-state index is 12.3. The minimum Gasteiger partial charge on any atom is -0.550 e. The summed E-state index contributed by atoms with van der Waals surface area (Å²) >= 11 is 0. The van der Waals surface area contributed by atoms with Gasteiger partial charge in [0.2, 0.25) is 0 Å². The molecule has 0 saturated carbocycles. The Morgan fingerprint density at radius 1 is 1.30 bits per heavy atom. The van der Waals surface area contributed by atoms with Gasteiger partial charge in [0.25, 0.3) is 5.91 Å². The summed E-state index contributed by atoms with van der Waals surface area (Å²) in [5.74, 6) is -1.60. The molecule has 0 aliphatic heterocycles. The van der Waals surface area contributed by atoms with E-state index in [4.69, 9.17) is 0 Å². The zero-order chi connectivity index (χ0) is 19.9. The molecule has 0 fully saturated rings. The minimum atomic E-state index is -4.41. The lowest BCUT2D eigenvalue weighted by Gasteiger charge is -2.09. The van der Waals surface area contributed by atoms with Gasteiger partial charge in [-0.05, 0) is 30.5 Å². The molecule has 1 aromatic heterocycles. The van der Waals surface area contributed by atoms with Crippen LogP contribution < -0.4 is 10.4 Å². The Balaban J connectivity index is 1.89. The fourth-order valence-corrected chi connectivity index (χ4v) is 2.23. The maximum Gasteiger partial charge on any atom is 0.411 e. The molecule has 146 valence electrons. The van der Waals surface area contributed by atoms with E-state index >= 15 is 0 Å². The van der Waals surface area contributed by atoms with E-state index in [1.54, 1.807) is 18.3 Å². The first-order valence-electron chi connectivity index (χ1n) is 8.00. The third-order valence-corrected chi connectivity index (χ3v) is 3.38. The fourth-order valence-electron chi connectivity index (χ4n) is 2.23. The number of ether oxygens (including phenoxy) is 1. The van der Waals surface area contributed by atoms with Crippen molar-refractivity contribution in [3.63, 3.8) is 0 Å². The summed E-state index contributed by atoms with van der Waals surface area (Å²) in [6, 6.07) is 6.07. The number of carbonyl (C=O) groups excluding carboxylic acids is 2. The average Bonchev–Trinajstić information content (AvgIpc) is 3.01. The van der Waals surface area contributed by atoms with Gasteiger partial charge in [-0.25, -0.2) is 0 Å². The van der Waals surface area contributed by atoms with Crippen molar-refractivity contribution >= 4 is 17.6 Å². The van der Waals surface area contributed by atoms with Gasteiger partial charge in [-0.2, -0.15) is 18.3 Å². The van der Waals surface area contributed by atoms with Crippen LogP contribution >= 0.6 is 0 Å². The molecule has 0 bridgehead atoms. The SMILES string of the molecule is O=C([O-])CCCn1cc(NC(=O)c2cccc(COCC(F)(F)F)c2)cn1. The number of hydrogen-bond acceptors (Lipinski definition) is 5. The third-order valence-electron chi connectivity index (χ3n) is 3.38. The highest BCUT2D eigenvalue weighted by atomic mass is 19.4. The molecule has 7 nitrogen and oxygen atoms in total. The molecular weight excluding hydrogens is 367 g/mol. The molecule has 0 aliphatic rings. The van der Waals surface area contributed by atoms with Gasteiger partial charge in [0.15, 0.2) is 0 Å². The Kier molecular flexibility index (Phi) is 6.94. The molecule has 0 aliphatic carbocycles. The number of alkyl halides is 3. The molecule has 1 heterocycles. The molecule has 0 unspecified atom stereocenters. The number of rotatable bonds is 9. The molecule has 10 heteroatoms. The van der Waals surface area contributed by atoms with Crippen molar-refractivity contribution in [3.05, 3.63) is 47.8 Å². The normalized spacial score (nSPS) is 11.4. The van der Waals surface area contributed by atoms with Crippen molar-refractivity contribution in [3.8, 4) is 0 Å². The first-order valence-corrected chi connectivity index (χ1v) is 8.00. The second-order valence-electron chi connectivity index (χ2n) is 5.73. The van der Waals surface area contributed by atoms with Gasteiger partial charge in [0.1, 0.15) is 6.61 Å². The molecule has 0 spiro atoms. The van der Waals surface area contributed by atoms with Gasteiger partial charge in [0.05, 0.1) is 18.5 Å². The second kappa shape index (κ2) is 9.17. The van der Waals surface area contributed by atoms with E-state index in [-0.39, 0.29) is 18.6 Å². The fraction of sp³-hybridized carbons (Fsp3) is 0.353. The highest BCUT2D eigenvalue weighted by molar-refractivity contribution is 6.04. The highest BCUT2D eigenvalue weighted by Gasteiger charge is 2.27. The van der Waals surface area contributed by atoms with Crippen LogP contribution in [0.2, 0.25) is 0 Å². The van der Waals surface area contributed by atoms with Crippen molar-refractivity contribution in [1.82, 2.24) is 9.78 Å². The zero-order valence-corrected chi connectivity index (χ0v) is 14.2. The first kappa shape index (κ1) is 20.4. The van der Waals surface area contributed by atoms with Crippen LogP contribution in [0, 0.1) is 0 Å². The molecule has 0 atom stereocenters. The van der Waals surface area contributed by atoms with Gasteiger partial charge >= 0.3 is 6.18 Å². The lowest BCUT2D eigenvalue weighted by atomic mass is 10.1. The Morgan fingerprint density at radius 3 is 2.78 bits per heavy atom.